The van der Waals surface area contributed by atoms with E-state index in [4.69, 9.17) is 15.6 Å². The third-order valence-electron chi connectivity index (χ3n) is 3.21. The Labute approximate surface area is 108 Å². The van der Waals surface area contributed by atoms with Gasteiger partial charge in [-0.3, -0.25) is 9.78 Å². The number of nitrogen functional groups attached to an aromatic ring is 1. The van der Waals surface area contributed by atoms with Crippen molar-refractivity contribution in [1.82, 2.24) is 15.3 Å². The normalized spacial score (nSPS) is 26.1. The van der Waals surface area contributed by atoms with Crippen LogP contribution in [0.25, 0.3) is 0 Å². The van der Waals surface area contributed by atoms with Crippen LogP contribution in [0.15, 0.2) is 4.79 Å². The molecule has 19 heavy (non-hydrogen) atoms. The quantitative estimate of drug-likeness (QED) is 0.410. The second-order valence-corrected chi connectivity index (χ2v) is 4.51. The van der Waals surface area contributed by atoms with Crippen LogP contribution in [0, 0.1) is 0 Å². The van der Waals surface area contributed by atoms with Gasteiger partial charge in [0.05, 0.1) is 19.4 Å². The standard InChI is InChI=1S/C10H16N6O3/c11-10-14-8-7(9(18)15-10)13-4-16(8)6-2-12-1-5(3-17)19-6/h5-6,12-13,17H,1-4H2,(H3,11,14,15,18). The molecule has 0 amide bonds. The zero-order chi connectivity index (χ0) is 13.4. The molecule has 9 nitrogen and oxygen atoms in total. The first-order valence-electron chi connectivity index (χ1n) is 6.06. The fraction of sp³-hybridized carbons (Fsp3) is 0.600. The highest BCUT2D eigenvalue weighted by Gasteiger charge is 2.33. The van der Waals surface area contributed by atoms with Gasteiger partial charge < -0.3 is 31.1 Å². The van der Waals surface area contributed by atoms with Crippen LogP contribution in [0.2, 0.25) is 0 Å². The summed E-state index contributed by atoms with van der Waals surface area (Å²) in [5, 5.41) is 15.3. The second kappa shape index (κ2) is 4.68. The molecule has 0 radical (unpaired) electrons. The molecular weight excluding hydrogens is 252 g/mol. The van der Waals surface area contributed by atoms with E-state index in [2.05, 4.69) is 20.6 Å². The molecule has 2 aliphatic rings. The lowest BCUT2D eigenvalue weighted by Crippen LogP contribution is -2.54. The van der Waals surface area contributed by atoms with Gasteiger partial charge in [-0.25, -0.2) is 0 Å². The minimum Gasteiger partial charge on any atom is -0.394 e. The predicted octanol–water partition coefficient (Wildman–Crippen LogP) is -2.15. The van der Waals surface area contributed by atoms with Gasteiger partial charge in [-0.2, -0.15) is 4.98 Å². The van der Waals surface area contributed by atoms with E-state index in [-0.39, 0.29) is 30.4 Å². The number of fused-ring (bicyclic) bond motifs is 1. The SMILES string of the molecule is Nc1nc2c(c(=O)[nH]1)NCN2C1CNCC(CO)O1. The second-order valence-electron chi connectivity index (χ2n) is 4.51. The van der Waals surface area contributed by atoms with Crippen LogP contribution in [-0.2, 0) is 4.74 Å². The largest absolute Gasteiger partial charge is 0.394 e. The van der Waals surface area contributed by atoms with Crippen molar-refractivity contribution in [1.29, 1.82) is 0 Å². The average molecular weight is 268 g/mol. The van der Waals surface area contributed by atoms with Crippen LogP contribution in [0.3, 0.4) is 0 Å². The zero-order valence-electron chi connectivity index (χ0n) is 10.2. The van der Waals surface area contributed by atoms with E-state index in [0.29, 0.717) is 31.3 Å². The number of H-pyrrole nitrogens is 1. The highest BCUT2D eigenvalue weighted by molar-refractivity contribution is 5.70. The Morgan fingerprint density at radius 2 is 2.37 bits per heavy atom. The number of hydrogen-bond donors (Lipinski definition) is 5. The van der Waals surface area contributed by atoms with Gasteiger partial charge >= 0.3 is 0 Å². The number of hydrogen-bond acceptors (Lipinski definition) is 8. The van der Waals surface area contributed by atoms with Crippen molar-refractivity contribution >= 4 is 17.5 Å². The number of nitrogens with zero attached hydrogens (tertiary/aromatic N) is 2. The van der Waals surface area contributed by atoms with Crippen LogP contribution < -0.4 is 26.8 Å². The number of rotatable bonds is 2. The number of aromatic amines is 1. The van der Waals surface area contributed by atoms with E-state index >= 15 is 0 Å². The molecule has 2 unspecified atom stereocenters. The van der Waals surface area contributed by atoms with E-state index in [1.165, 1.54) is 0 Å². The number of aliphatic hydroxyl groups is 1. The zero-order valence-corrected chi connectivity index (χ0v) is 10.2. The third kappa shape index (κ3) is 2.11. The Kier molecular flexibility index (Phi) is 3.01. The topological polar surface area (TPSA) is 129 Å². The fourth-order valence-corrected chi connectivity index (χ4v) is 2.30. The molecule has 0 saturated carbocycles. The van der Waals surface area contributed by atoms with Crippen LogP contribution in [0.5, 0.6) is 0 Å². The first-order chi connectivity index (χ1) is 9.19. The lowest BCUT2D eigenvalue weighted by atomic mass is 10.3. The minimum absolute atomic E-state index is 0.0530. The molecule has 3 rings (SSSR count). The third-order valence-corrected chi connectivity index (χ3v) is 3.21. The van der Waals surface area contributed by atoms with E-state index in [9.17, 15) is 4.79 Å². The molecule has 0 aromatic carbocycles. The fourth-order valence-electron chi connectivity index (χ4n) is 2.30. The highest BCUT2D eigenvalue weighted by atomic mass is 16.5. The summed E-state index contributed by atoms with van der Waals surface area (Å²) in [5.74, 6) is 0.548. The summed E-state index contributed by atoms with van der Waals surface area (Å²) in [7, 11) is 0. The number of morpholine rings is 1. The number of aliphatic hydroxyl groups excluding tert-OH is 1. The maximum atomic E-state index is 11.7. The van der Waals surface area contributed by atoms with Crippen molar-refractivity contribution < 1.29 is 9.84 Å². The van der Waals surface area contributed by atoms with E-state index < -0.39 is 0 Å². The molecule has 0 bridgehead atoms. The van der Waals surface area contributed by atoms with Crippen molar-refractivity contribution in [2.75, 3.05) is 42.3 Å². The summed E-state index contributed by atoms with van der Waals surface area (Å²) >= 11 is 0. The molecule has 6 N–H and O–H groups in total. The molecule has 0 spiro atoms. The molecule has 1 aromatic rings. The Morgan fingerprint density at radius 3 is 3.16 bits per heavy atom. The van der Waals surface area contributed by atoms with Gasteiger partial charge in [-0.1, -0.05) is 0 Å². The summed E-state index contributed by atoms with van der Waals surface area (Å²) in [6, 6.07) is 0. The van der Waals surface area contributed by atoms with Crippen LogP contribution >= 0.6 is 0 Å². The molecule has 2 aliphatic heterocycles. The van der Waals surface area contributed by atoms with Crippen molar-refractivity contribution in [2.45, 2.75) is 12.3 Å². The van der Waals surface area contributed by atoms with Gasteiger partial charge in [0.1, 0.15) is 11.9 Å². The van der Waals surface area contributed by atoms with Gasteiger partial charge in [0.2, 0.25) is 5.95 Å². The number of nitrogens with two attached hydrogens (primary N) is 1. The number of ether oxygens (including phenoxy) is 1. The van der Waals surface area contributed by atoms with Crippen molar-refractivity contribution in [3.63, 3.8) is 0 Å². The monoisotopic (exact) mass is 268 g/mol. The van der Waals surface area contributed by atoms with E-state index in [0.717, 1.165) is 0 Å². The Bertz CT molecular complexity index is 532. The molecule has 2 atom stereocenters. The van der Waals surface area contributed by atoms with Crippen LogP contribution in [0.1, 0.15) is 0 Å². The Morgan fingerprint density at radius 1 is 1.53 bits per heavy atom. The van der Waals surface area contributed by atoms with Crippen molar-refractivity contribution in [3.05, 3.63) is 10.4 Å². The summed E-state index contributed by atoms with van der Waals surface area (Å²) in [5.41, 5.74) is 5.65. The molecule has 104 valence electrons. The average Bonchev–Trinajstić information content (AvgIpc) is 2.82. The first kappa shape index (κ1) is 12.2. The van der Waals surface area contributed by atoms with Gasteiger partial charge in [0.15, 0.2) is 5.82 Å². The first-order valence-corrected chi connectivity index (χ1v) is 6.06. The maximum Gasteiger partial charge on any atom is 0.277 e. The lowest BCUT2D eigenvalue weighted by Gasteiger charge is -2.35. The van der Waals surface area contributed by atoms with Gasteiger partial charge in [-0.05, 0) is 0 Å². The lowest BCUT2D eigenvalue weighted by molar-refractivity contribution is -0.0600. The molecule has 1 fully saturated rings. The molecule has 1 aromatic heterocycles. The summed E-state index contributed by atoms with van der Waals surface area (Å²) in [4.78, 5) is 20.1. The van der Waals surface area contributed by atoms with Crippen LogP contribution in [0.4, 0.5) is 17.5 Å². The summed E-state index contributed by atoms with van der Waals surface area (Å²) in [6.07, 6.45) is -0.560. The number of aromatic nitrogens is 2. The molecule has 3 heterocycles. The molecule has 0 aliphatic carbocycles. The Balaban J connectivity index is 1.87. The van der Waals surface area contributed by atoms with Gasteiger partial charge in [0, 0.05) is 13.1 Å². The molecule has 9 heteroatoms. The van der Waals surface area contributed by atoms with Gasteiger partial charge in [0.25, 0.3) is 5.56 Å². The minimum atomic E-state index is -0.299. The van der Waals surface area contributed by atoms with E-state index in [1.807, 2.05) is 4.90 Å². The van der Waals surface area contributed by atoms with Crippen molar-refractivity contribution in [3.8, 4) is 0 Å². The van der Waals surface area contributed by atoms with E-state index in [1.54, 1.807) is 0 Å². The predicted molar refractivity (Wildman–Crippen MR) is 68.9 cm³/mol. The maximum absolute atomic E-state index is 11.7. The van der Waals surface area contributed by atoms with Gasteiger partial charge in [-0.15, -0.1) is 0 Å². The number of anilines is 3. The summed E-state index contributed by atoms with van der Waals surface area (Å²) < 4.78 is 5.74. The number of nitrogens with one attached hydrogen (secondary N) is 3. The molecular formula is C10H16N6O3. The van der Waals surface area contributed by atoms with Crippen LogP contribution in [-0.4, -0.2) is 53.8 Å². The highest BCUT2D eigenvalue weighted by Crippen LogP contribution is 2.28. The molecule has 1 saturated heterocycles. The van der Waals surface area contributed by atoms with Crippen molar-refractivity contribution in [2.24, 2.45) is 0 Å². The smallest absolute Gasteiger partial charge is 0.277 e. The summed E-state index contributed by atoms with van der Waals surface area (Å²) in [6.45, 7) is 1.56. The Hall–Kier alpha value is -1.84.